The fourth-order valence-corrected chi connectivity index (χ4v) is 2.87. The molecule has 20 heavy (non-hydrogen) atoms. The van der Waals surface area contributed by atoms with Gasteiger partial charge in [0.25, 0.3) is 0 Å². The van der Waals surface area contributed by atoms with Crippen molar-refractivity contribution in [3.63, 3.8) is 0 Å². The van der Waals surface area contributed by atoms with Gasteiger partial charge in [0.1, 0.15) is 0 Å². The minimum absolute atomic E-state index is 0.120. The molecule has 0 saturated heterocycles. The number of nitrogens with two attached hydrogens (primary N) is 1. The average Bonchev–Trinajstić information content (AvgIpc) is 2.38. The lowest BCUT2D eigenvalue weighted by atomic mass is 9.81. The fraction of sp³-hybridized carbons (Fsp3) is 0.312. The van der Waals surface area contributed by atoms with Crippen molar-refractivity contribution in [3.8, 4) is 0 Å². The first kappa shape index (κ1) is 12.8. The van der Waals surface area contributed by atoms with Crippen molar-refractivity contribution in [3.05, 3.63) is 52.3 Å². The van der Waals surface area contributed by atoms with E-state index in [-0.39, 0.29) is 17.6 Å². The Kier molecular flexibility index (Phi) is 3.01. The van der Waals surface area contributed by atoms with Gasteiger partial charge in [-0.3, -0.25) is 4.79 Å². The van der Waals surface area contributed by atoms with Crippen LogP contribution < -0.4 is 5.73 Å². The van der Waals surface area contributed by atoms with E-state index in [1.54, 1.807) is 0 Å². The molecule has 1 atom stereocenters. The van der Waals surface area contributed by atoms with Gasteiger partial charge in [-0.05, 0) is 31.7 Å². The standard InChI is InChI=1S/C16H17N3O/c1-9-3-5-11(6-4-9)12-7-13-15(14(20)8-12)10(2)18-16(17)19-13/h3-6,12H,7-8H2,1-2H3,(H2,17,18,19)/t12-/m0/s1. The molecule has 0 radical (unpaired) electrons. The van der Waals surface area contributed by atoms with Crippen molar-refractivity contribution in [2.24, 2.45) is 0 Å². The lowest BCUT2D eigenvalue weighted by molar-refractivity contribution is 0.0962. The van der Waals surface area contributed by atoms with Crippen LogP contribution in [0.4, 0.5) is 5.95 Å². The summed E-state index contributed by atoms with van der Waals surface area (Å²) < 4.78 is 0. The summed E-state index contributed by atoms with van der Waals surface area (Å²) in [6.45, 7) is 3.88. The van der Waals surface area contributed by atoms with Gasteiger partial charge in [-0.2, -0.15) is 0 Å². The molecule has 4 heteroatoms. The number of benzene rings is 1. The molecule has 0 spiro atoms. The van der Waals surface area contributed by atoms with Gasteiger partial charge < -0.3 is 5.73 Å². The van der Waals surface area contributed by atoms with Gasteiger partial charge in [-0.25, -0.2) is 9.97 Å². The summed E-state index contributed by atoms with van der Waals surface area (Å²) in [7, 11) is 0. The van der Waals surface area contributed by atoms with Crippen molar-refractivity contribution in [1.29, 1.82) is 0 Å². The fourth-order valence-electron chi connectivity index (χ4n) is 2.87. The molecule has 0 aliphatic heterocycles. The van der Waals surface area contributed by atoms with E-state index in [0.29, 0.717) is 17.7 Å². The molecule has 0 amide bonds. The second kappa shape index (κ2) is 4.71. The predicted molar refractivity (Wildman–Crippen MR) is 77.8 cm³/mol. The Bertz CT molecular complexity index is 677. The number of hydrogen-bond acceptors (Lipinski definition) is 4. The summed E-state index contributed by atoms with van der Waals surface area (Å²) in [4.78, 5) is 20.7. The Morgan fingerprint density at radius 1 is 1.10 bits per heavy atom. The van der Waals surface area contributed by atoms with E-state index < -0.39 is 0 Å². The summed E-state index contributed by atoms with van der Waals surface area (Å²) in [6.07, 6.45) is 1.27. The Morgan fingerprint density at radius 3 is 2.50 bits per heavy atom. The lowest BCUT2D eigenvalue weighted by Gasteiger charge is -2.24. The largest absolute Gasteiger partial charge is 0.368 e. The number of hydrogen-bond donors (Lipinski definition) is 1. The number of nitrogen functional groups attached to an aromatic ring is 1. The van der Waals surface area contributed by atoms with Crippen LogP contribution in [0.5, 0.6) is 0 Å². The van der Waals surface area contributed by atoms with Crippen LogP contribution in [-0.2, 0) is 6.42 Å². The molecule has 0 unspecified atom stereocenters. The normalized spacial score (nSPS) is 17.9. The number of anilines is 1. The molecule has 0 bridgehead atoms. The topological polar surface area (TPSA) is 68.9 Å². The maximum atomic E-state index is 12.3. The van der Waals surface area contributed by atoms with Crippen LogP contribution >= 0.6 is 0 Å². The summed E-state index contributed by atoms with van der Waals surface area (Å²) in [6, 6.07) is 8.34. The first-order valence-electron chi connectivity index (χ1n) is 6.77. The molecule has 1 aromatic heterocycles. The molecule has 1 aromatic carbocycles. The number of rotatable bonds is 1. The minimum atomic E-state index is 0.120. The zero-order chi connectivity index (χ0) is 14.3. The first-order valence-corrected chi connectivity index (χ1v) is 6.77. The zero-order valence-electron chi connectivity index (χ0n) is 11.7. The van der Waals surface area contributed by atoms with E-state index in [0.717, 1.165) is 12.1 Å². The van der Waals surface area contributed by atoms with Crippen molar-refractivity contribution in [2.45, 2.75) is 32.6 Å². The van der Waals surface area contributed by atoms with Crippen molar-refractivity contribution >= 4 is 11.7 Å². The first-order chi connectivity index (χ1) is 9.54. The number of aryl methyl sites for hydroxylation is 2. The maximum Gasteiger partial charge on any atom is 0.220 e. The number of nitrogens with zero attached hydrogens (tertiary/aromatic N) is 2. The molecule has 2 N–H and O–H groups in total. The van der Waals surface area contributed by atoms with E-state index in [9.17, 15) is 4.79 Å². The van der Waals surface area contributed by atoms with Crippen LogP contribution in [0.25, 0.3) is 0 Å². The molecular formula is C16H17N3O. The van der Waals surface area contributed by atoms with Crippen LogP contribution in [0.15, 0.2) is 24.3 Å². The lowest BCUT2D eigenvalue weighted by Crippen LogP contribution is -2.22. The molecule has 102 valence electrons. The Morgan fingerprint density at radius 2 is 1.80 bits per heavy atom. The maximum absolute atomic E-state index is 12.3. The smallest absolute Gasteiger partial charge is 0.220 e. The van der Waals surface area contributed by atoms with Crippen molar-refractivity contribution < 1.29 is 4.79 Å². The van der Waals surface area contributed by atoms with E-state index in [1.807, 2.05) is 6.92 Å². The van der Waals surface area contributed by atoms with E-state index in [1.165, 1.54) is 11.1 Å². The van der Waals surface area contributed by atoms with Gasteiger partial charge in [-0.15, -0.1) is 0 Å². The number of fused-ring (bicyclic) bond motifs is 1. The van der Waals surface area contributed by atoms with Crippen LogP contribution in [0.2, 0.25) is 0 Å². The molecule has 1 aliphatic carbocycles. The van der Waals surface area contributed by atoms with Crippen molar-refractivity contribution in [1.82, 2.24) is 9.97 Å². The quantitative estimate of drug-likeness (QED) is 0.862. The molecule has 0 saturated carbocycles. The number of Topliss-reactive ketones (excluding diaryl/α,β-unsaturated/α-hetero) is 1. The second-order valence-electron chi connectivity index (χ2n) is 5.43. The van der Waals surface area contributed by atoms with Gasteiger partial charge in [0.05, 0.1) is 17.0 Å². The van der Waals surface area contributed by atoms with Crippen LogP contribution in [0.3, 0.4) is 0 Å². The van der Waals surface area contributed by atoms with Gasteiger partial charge in [-0.1, -0.05) is 29.8 Å². The summed E-state index contributed by atoms with van der Waals surface area (Å²) in [5.41, 5.74) is 10.3. The highest BCUT2D eigenvalue weighted by molar-refractivity contribution is 5.99. The number of ketones is 1. The van der Waals surface area contributed by atoms with Gasteiger partial charge in [0, 0.05) is 6.42 Å². The Labute approximate surface area is 118 Å². The monoisotopic (exact) mass is 267 g/mol. The van der Waals surface area contributed by atoms with Gasteiger partial charge in [0.2, 0.25) is 5.95 Å². The van der Waals surface area contributed by atoms with E-state index in [4.69, 9.17) is 5.73 Å². The molecule has 0 fully saturated rings. The van der Waals surface area contributed by atoms with Gasteiger partial charge in [0.15, 0.2) is 5.78 Å². The highest BCUT2D eigenvalue weighted by atomic mass is 16.1. The van der Waals surface area contributed by atoms with Crippen LogP contribution in [0, 0.1) is 13.8 Å². The third kappa shape index (κ3) is 2.18. The van der Waals surface area contributed by atoms with Gasteiger partial charge >= 0.3 is 0 Å². The molecular weight excluding hydrogens is 250 g/mol. The molecule has 1 aliphatic rings. The molecule has 4 nitrogen and oxygen atoms in total. The molecule has 3 rings (SSSR count). The number of carbonyl (C=O) groups excluding carboxylic acids is 1. The SMILES string of the molecule is Cc1ccc([C@@H]2CC(=O)c3c(C)nc(N)nc3C2)cc1. The van der Waals surface area contributed by atoms with E-state index in [2.05, 4.69) is 41.2 Å². The van der Waals surface area contributed by atoms with Crippen LogP contribution in [0.1, 0.15) is 45.2 Å². The molecule has 2 aromatic rings. The summed E-state index contributed by atoms with van der Waals surface area (Å²) in [5.74, 6) is 0.553. The zero-order valence-corrected chi connectivity index (χ0v) is 11.7. The number of carbonyl (C=O) groups is 1. The third-order valence-electron chi connectivity index (χ3n) is 3.88. The van der Waals surface area contributed by atoms with E-state index >= 15 is 0 Å². The second-order valence-corrected chi connectivity index (χ2v) is 5.43. The van der Waals surface area contributed by atoms with Crippen LogP contribution in [-0.4, -0.2) is 15.8 Å². The molecule has 1 heterocycles. The minimum Gasteiger partial charge on any atom is -0.368 e. The Hall–Kier alpha value is -2.23. The summed E-state index contributed by atoms with van der Waals surface area (Å²) >= 11 is 0. The Balaban J connectivity index is 2.00. The highest BCUT2D eigenvalue weighted by Gasteiger charge is 2.29. The number of aromatic nitrogens is 2. The highest BCUT2D eigenvalue weighted by Crippen LogP contribution is 2.33. The predicted octanol–water partition coefficient (Wildman–Crippen LogP) is 2.59. The van der Waals surface area contributed by atoms with Crippen molar-refractivity contribution in [2.75, 3.05) is 5.73 Å². The summed E-state index contributed by atoms with van der Waals surface area (Å²) in [5, 5.41) is 0. The average molecular weight is 267 g/mol. The third-order valence-corrected chi connectivity index (χ3v) is 3.88.